The molecule has 0 saturated carbocycles. The summed E-state index contributed by atoms with van der Waals surface area (Å²) in [4.78, 5) is 27.5. The van der Waals surface area contributed by atoms with Gasteiger partial charge >= 0.3 is 12.1 Å². The Balaban J connectivity index is 1.74. The van der Waals surface area contributed by atoms with Crippen molar-refractivity contribution < 1.29 is 19.4 Å². The molecule has 2 fully saturated rings. The van der Waals surface area contributed by atoms with Crippen molar-refractivity contribution in [1.82, 2.24) is 4.90 Å². The molecule has 2 bridgehead atoms. The van der Waals surface area contributed by atoms with Crippen LogP contribution in [0.5, 0.6) is 0 Å². The fourth-order valence-corrected chi connectivity index (χ4v) is 3.41. The zero-order chi connectivity index (χ0) is 16.8. The third-order valence-electron chi connectivity index (χ3n) is 4.31. The first-order chi connectivity index (χ1) is 10.8. The van der Waals surface area contributed by atoms with Gasteiger partial charge in [0.2, 0.25) is 0 Å². The number of piperazine rings is 1. The summed E-state index contributed by atoms with van der Waals surface area (Å²) >= 11 is 0. The van der Waals surface area contributed by atoms with Gasteiger partial charge in [-0.15, -0.1) is 0 Å². The van der Waals surface area contributed by atoms with E-state index in [1.54, 1.807) is 17.0 Å². The Kier molecular flexibility index (Phi) is 3.70. The van der Waals surface area contributed by atoms with Crippen molar-refractivity contribution in [2.75, 3.05) is 18.0 Å². The molecule has 2 aliphatic heterocycles. The summed E-state index contributed by atoms with van der Waals surface area (Å²) in [5, 5.41) is 9.35. The fraction of sp³-hybridized carbons (Fsp3) is 0.529. The lowest BCUT2D eigenvalue weighted by atomic mass is 10.1. The number of benzene rings is 1. The van der Waals surface area contributed by atoms with Gasteiger partial charge in [0.1, 0.15) is 5.60 Å². The number of nitrogens with zero attached hydrogens (tertiary/aromatic N) is 2. The van der Waals surface area contributed by atoms with Crippen molar-refractivity contribution in [3.63, 3.8) is 0 Å². The second kappa shape index (κ2) is 5.44. The summed E-state index contributed by atoms with van der Waals surface area (Å²) in [6.07, 6.45) is 0.573. The van der Waals surface area contributed by atoms with E-state index in [0.29, 0.717) is 18.7 Å². The number of para-hydroxylation sites is 1. The van der Waals surface area contributed by atoms with Crippen molar-refractivity contribution in [1.29, 1.82) is 0 Å². The SMILES string of the molecule is CC(C)(C)OC(=O)N1CC2CC1CN2c1ccccc1C(=O)O. The number of carbonyl (C=O) groups excluding carboxylic acids is 1. The van der Waals surface area contributed by atoms with Crippen molar-refractivity contribution in [3.05, 3.63) is 29.8 Å². The summed E-state index contributed by atoms with van der Waals surface area (Å²) in [6, 6.07) is 7.26. The molecular weight excluding hydrogens is 296 g/mol. The number of carbonyl (C=O) groups is 2. The molecule has 0 radical (unpaired) electrons. The first-order valence-corrected chi connectivity index (χ1v) is 7.85. The maximum atomic E-state index is 12.3. The van der Waals surface area contributed by atoms with Crippen LogP contribution in [-0.4, -0.2) is 52.8 Å². The number of carboxylic acid groups (broad SMARTS) is 1. The van der Waals surface area contributed by atoms with Gasteiger partial charge in [0.05, 0.1) is 17.3 Å². The quantitative estimate of drug-likeness (QED) is 0.907. The molecule has 1 amide bonds. The summed E-state index contributed by atoms with van der Waals surface area (Å²) in [7, 11) is 0. The Morgan fingerprint density at radius 2 is 1.87 bits per heavy atom. The maximum absolute atomic E-state index is 12.3. The number of carboxylic acids is 1. The van der Waals surface area contributed by atoms with E-state index < -0.39 is 11.6 Å². The summed E-state index contributed by atoms with van der Waals surface area (Å²) in [5.74, 6) is -0.924. The molecular formula is C17H22N2O4. The first kappa shape index (κ1) is 15.6. The normalized spacial score (nSPS) is 23.3. The van der Waals surface area contributed by atoms with E-state index in [1.807, 2.05) is 32.9 Å². The highest BCUT2D eigenvalue weighted by Gasteiger charge is 2.47. The molecule has 1 aromatic rings. The van der Waals surface area contributed by atoms with E-state index in [1.165, 1.54) is 0 Å². The number of hydrogen-bond donors (Lipinski definition) is 1. The molecule has 2 heterocycles. The van der Waals surface area contributed by atoms with E-state index in [2.05, 4.69) is 4.90 Å². The number of rotatable bonds is 2. The number of anilines is 1. The van der Waals surface area contributed by atoms with E-state index in [9.17, 15) is 14.7 Å². The zero-order valence-corrected chi connectivity index (χ0v) is 13.7. The lowest BCUT2D eigenvalue weighted by molar-refractivity contribution is 0.0214. The van der Waals surface area contributed by atoms with Crippen LogP contribution in [0.1, 0.15) is 37.6 Å². The van der Waals surface area contributed by atoms with Gasteiger partial charge in [-0.25, -0.2) is 9.59 Å². The average Bonchev–Trinajstić information content (AvgIpc) is 3.05. The molecule has 1 aromatic carbocycles. The standard InChI is InChI=1S/C17H22N2O4/c1-17(2,3)23-16(22)19-10-11-8-12(19)9-18(11)14-7-5-4-6-13(14)15(20)21/h4-7,11-12H,8-10H2,1-3H3,(H,20,21). The third-order valence-corrected chi connectivity index (χ3v) is 4.31. The summed E-state index contributed by atoms with van der Waals surface area (Å²) < 4.78 is 5.45. The van der Waals surface area contributed by atoms with Gasteiger partial charge in [-0.05, 0) is 39.3 Å². The van der Waals surface area contributed by atoms with Crippen LogP contribution in [0, 0.1) is 0 Å². The molecule has 0 spiro atoms. The minimum atomic E-state index is -0.924. The molecule has 6 heteroatoms. The number of aromatic carboxylic acids is 1. The van der Waals surface area contributed by atoms with Crippen LogP contribution in [0.3, 0.4) is 0 Å². The second-order valence-electron chi connectivity index (χ2n) is 7.15. The van der Waals surface area contributed by atoms with Crippen molar-refractivity contribution >= 4 is 17.7 Å². The van der Waals surface area contributed by atoms with Crippen LogP contribution in [0.15, 0.2) is 24.3 Å². The van der Waals surface area contributed by atoms with Crippen LogP contribution in [0.4, 0.5) is 10.5 Å². The largest absolute Gasteiger partial charge is 0.478 e. The van der Waals surface area contributed by atoms with Gasteiger partial charge in [-0.1, -0.05) is 12.1 Å². The van der Waals surface area contributed by atoms with Gasteiger partial charge in [-0.3, -0.25) is 0 Å². The van der Waals surface area contributed by atoms with Gasteiger partial charge in [0.25, 0.3) is 0 Å². The van der Waals surface area contributed by atoms with Crippen LogP contribution >= 0.6 is 0 Å². The van der Waals surface area contributed by atoms with E-state index >= 15 is 0 Å². The predicted molar refractivity (Wildman–Crippen MR) is 85.9 cm³/mol. The molecule has 2 atom stereocenters. The van der Waals surface area contributed by atoms with Crippen molar-refractivity contribution in [3.8, 4) is 0 Å². The van der Waals surface area contributed by atoms with E-state index in [-0.39, 0.29) is 18.2 Å². The molecule has 0 aliphatic carbocycles. The van der Waals surface area contributed by atoms with E-state index in [4.69, 9.17) is 4.74 Å². The zero-order valence-electron chi connectivity index (χ0n) is 13.7. The van der Waals surface area contributed by atoms with Crippen LogP contribution in [-0.2, 0) is 4.74 Å². The Labute approximate surface area is 135 Å². The molecule has 3 rings (SSSR count). The highest BCUT2D eigenvalue weighted by molar-refractivity contribution is 5.94. The minimum Gasteiger partial charge on any atom is -0.478 e. The topological polar surface area (TPSA) is 70.1 Å². The Morgan fingerprint density at radius 3 is 2.43 bits per heavy atom. The van der Waals surface area contributed by atoms with Crippen molar-refractivity contribution in [2.45, 2.75) is 44.9 Å². The number of fused-ring (bicyclic) bond motifs is 2. The predicted octanol–water partition coefficient (Wildman–Crippen LogP) is 2.58. The lowest BCUT2D eigenvalue weighted by Gasteiger charge is -2.36. The van der Waals surface area contributed by atoms with Gasteiger partial charge in [0.15, 0.2) is 0 Å². The average molecular weight is 318 g/mol. The maximum Gasteiger partial charge on any atom is 0.410 e. The monoisotopic (exact) mass is 318 g/mol. The molecule has 124 valence electrons. The molecule has 6 nitrogen and oxygen atoms in total. The third kappa shape index (κ3) is 2.98. The summed E-state index contributed by atoms with van der Waals surface area (Å²) in [6.45, 7) is 6.79. The molecule has 2 saturated heterocycles. The van der Waals surface area contributed by atoms with Gasteiger partial charge < -0.3 is 19.6 Å². The number of likely N-dealkylation sites (tertiary alicyclic amines) is 1. The van der Waals surface area contributed by atoms with Gasteiger partial charge in [0, 0.05) is 19.1 Å². The summed E-state index contributed by atoms with van der Waals surface area (Å²) in [5.41, 5.74) is 0.536. The highest BCUT2D eigenvalue weighted by atomic mass is 16.6. The van der Waals surface area contributed by atoms with Gasteiger partial charge in [-0.2, -0.15) is 0 Å². The second-order valence-corrected chi connectivity index (χ2v) is 7.15. The van der Waals surface area contributed by atoms with E-state index in [0.717, 1.165) is 12.1 Å². The smallest absolute Gasteiger partial charge is 0.410 e. The first-order valence-electron chi connectivity index (χ1n) is 7.85. The number of hydrogen-bond acceptors (Lipinski definition) is 4. The Hall–Kier alpha value is -2.24. The Bertz CT molecular complexity index is 638. The molecule has 23 heavy (non-hydrogen) atoms. The number of ether oxygens (including phenoxy) is 1. The molecule has 2 unspecified atom stereocenters. The fourth-order valence-electron chi connectivity index (χ4n) is 3.41. The molecule has 1 N–H and O–H groups in total. The van der Waals surface area contributed by atoms with Crippen LogP contribution < -0.4 is 4.90 Å². The minimum absolute atomic E-state index is 0.0803. The lowest BCUT2D eigenvalue weighted by Crippen LogP contribution is -2.50. The number of amides is 1. The molecule has 0 aromatic heterocycles. The molecule has 2 aliphatic rings. The van der Waals surface area contributed by atoms with Crippen LogP contribution in [0.2, 0.25) is 0 Å². The van der Waals surface area contributed by atoms with Crippen molar-refractivity contribution in [2.24, 2.45) is 0 Å². The Morgan fingerprint density at radius 1 is 1.17 bits per heavy atom. The highest BCUT2D eigenvalue weighted by Crippen LogP contribution is 2.36. The van der Waals surface area contributed by atoms with Crippen LogP contribution in [0.25, 0.3) is 0 Å².